The van der Waals surface area contributed by atoms with E-state index in [2.05, 4.69) is 11.1 Å². The topological polar surface area (TPSA) is 72.4 Å². The Morgan fingerprint density at radius 1 is 1.32 bits per heavy atom. The highest BCUT2D eigenvalue weighted by Gasteiger charge is 2.26. The highest BCUT2D eigenvalue weighted by atomic mass is 35.5. The van der Waals surface area contributed by atoms with Crippen molar-refractivity contribution in [3.63, 3.8) is 0 Å². The summed E-state index contributed by atoms with van der Waals surface area (Å²) in [5, 5.41) is 2.55. The smallest absolute Gasteiger partial charge is 0.273 e. The number of halogens is 1. The molecule has 5 nitrogen and oxygen atoms in total. The Morgan fingerprint density at radius 3 is 2.84 bits per heavy atom. The fourth-order valence-corrected chi connectivity index (χ4v) is 3.55. The molecule has 0 radical (unpaired) electrons. The Morgan fingerprint density at radius 2 is 2.12 bits per heavy atom. The zero-order valence-corrected chi connectivity index (χ0v) is 15.1. The summed E-state index contributed by atoms with van der Waals surface area (Å²) >= 11 is 1.42. The number of furan rings is 1. The van der Waals surface area contributed by atoms with Crippen molar-refractivity contribution >= 4 is 29.7 Å². The lowest BCUT2D eigenvalue weighted by Crippen LogP contribution is -2.35. The van der Waals surface area contributed by atoms with Gasteiger partial charge in [0.1, 0.15) is 22.2 Å². The van der Waals surface area contributed by atoms with E-state index in [0.29, 0.717) is 25.3 Å². The predicted molar refractivity (Wildman–Crippen MR) is 99.8 cm³/mol. The molecule has 1 aliphatic heterocycles. The molecule has 0 unspecified atom stereocenters. The fraction of sp³-hybridized carbons (Fsp3) is 0.222. The van der Waals surface area contributed by atoms with Gasteiger partial charge in [-0.2, -0.15) is 0 Å². The molecule has 0 saturated heterocycles. The van der Waals surface area contributed by atoms with Crippen molar-refractivity contribution in [2.75, 3.05) is 6.54 Å². The Labute approximate surface area is 155 Å². The van der Waals surface area contributed by atoms with E-state index in [1.807, 2.05) is 30.3 Å². The largest absolute Gasteiger partial charge is 0.459 e. The zero-order chi connectivity index (χ0) is 16.5. The molecule has 130 valence electrons. The van der Waals surface area contributed by atoms with Crippen LogP contribution in [0.2, 0.25) is 0 Å². The molecule has 3 heterocycles. The monoisotopic (exact) mass is 375 g/mol. The van der Waals surface area contributed by atoms with Gasteiger partial charge in [0.05, 0.1) is 6.54 Å². The minimum absolute atomic E-state index is 0. The van der Waals surface area contributed by atoms with E-state index >= 15 is 0 Å². The normalized spacial score (nSPS) is 13.2. The molecular weight excluding hydrogens is 358 g/mol. The van der Waals surface area contributed by atoms with Crippen LogP contribution in [0.15, 0.2) is 46.2 Å². The van der Waals surface area contributed by atoms with Crippen LogP contribution < -0.4 is 5.73 Å². The summed E-state index contributed by atoms with van der Waals surface area (Å²) in [6.07, 6.45) is 0.797. The lowest BCUT2D eigenvalue weighted by molar-refractivity contribution is 0.0715. The van der Waals surface area contributed by atoms with Crippen molar-refractivity contribution < 1.29 is 9.21 Å². The molecule has 1 aliphatic rings. The van der Waals surface area contributed by atoms with E-state index in [9.17, 15) is 4.79 Å². The number of rotatable bonds is 3. The van der Waals surface area contributed by atoms with Crippen molar-refractivity contribution in [1.29, 1.82) is 0 Å². The van der Waals surface area contributed by atoms with E-state index in [-0.39, 0.29) is 18.3 Å². The third kappa shape index (κ3) is 3.46. The average Bonchev–Trinajstić information content (AvgIpc) is 3.28. The fourth-order valence-electron chi connectivity index (χ4n) is 2.90. The van der Waals surface area contributed by atoms with Crippen LogP contribution in [0.1, 0.15) is 26.8 Å². The van der Waals surface area contributed by atoms with Gasteiger partial charge >= 0.3 is 0 Å². The SMILES string of the molecule is Cl.NCc1nc(C(=O)N2CCc3cc(-c4ccccc4)oc3C2)cs1. The number of thiazole rings is 1. The van der Waals surface area contributed by atoms with Gasteiger partial charge in [-0.3, -0.25) is 4.79 Å². The third-order valence-electron chi connectivity index (χ3n) is 4.17. The van der Waals surface area contributed by atoms with E-state index in [1.54, 1.807) is 10.3 Å². The highest BCUT2D eigenvalue weighted by Crippen LogP contribution is 2.30. The Hall–Kier alpha value is -2.15. The first kappa shape index (κ1) is 17.7. The molecule has 7 heteroatoms. The van der Waals surface area contributed by atoms with Crippen molar-refractivity contribution in [1.82, 2.24) is 9.88 Å². The highest BCUT2D eigenvalue weighted by molar-refractivity contribution is 7.09. The number of fused-ring (bicyclic) bond motifs is 1. The second-order valence-electron chi connectivity index (χ2n) is 5.73. The minimum Gasteiger partial charge on any atom is -0.459 e. The number of nitrogens with two attached hydrogens (primary N) is 1. The maximum atomic E-state index is 12.6. The minimum atomic E-state index is -0.0609. The first-order valence-electron chi connectivity index (χ1n) is 7.85. The summed E-state index contributed by atoms with van der Waals surface area (Å²) in [6, 6.07) is 12.1. The Balaban J connectivity index is 0.00000182. The van der Waals surface area contributed by atoms with Crippen molar-refractivity contribution in [2.45, 2.75) is 19.5 Å². The molecule has 0 aliphatic carbocycles. The van der Waals surface area contributed by atoms with Gasteiger partial charge in [-0.25, -0.2) is 4.98 Å². The van der Waals surface area contributed by atoms with Crippen molar-refractivity contribution in [3.8, 4) is 11.3 Å². The van der Waals surface area contributed by atoms with Gasteiger partial charge in [-0.15, -0.1) is 23.7 Å². The summed E-state index contributed by atoms with van der Waals surface area (Å²) in [7, 11) is 0. The van der Waals surface area contributed by atoms with Crippen LogP contribution >= 0.6 is 23.7 Å². The molecular formula is C18H18ClN3O2S. The molecule has 1 amide bonds. The van der Waals surface area contributed by atoms with Crippen LogP contribution in [0.25, 0.3) is 11.3 Å². The van der Waals surface area contributed by atoms with Gasteiger partial charge in [0.15, 0.2) is 0 Å². The number of hydrogen-bond donors (Lipinski definition) is 1. The molecule has 1 aromatic carbocycles. The van der Waals surface area contributed by atoms with E-state index in [4.69, 9.17) is 10.2 Å². The summed E-state index contributed by atoms with van der Waals surface area (Å²) < 4.78 is 6.00. The number of carbonyl (C=O) groups is 1. The lowest BCUT2D eigenvalue weighted by atomic mass is 10.1. The van der Waals surface area contributed by atoms with Gasteiger partial charge in [-0.1, -0.05) is 30.3 Å². The van der Waals surface area contributed by atoms with E-state index in [0.717, 1.165) is 28.5 Å². The van der Waals surface area contributed by atoms with Crippen LogP contribution in [0.3, 0.4) is 0 Å². The van der Waals surface area contributed by atoms with Crippen molar-refractivity contribution in [3.05, 3.63) is 63.8 Å². The first-order chi connectivity index (χ1) is 11.7. The molecule has 0 bridgehead atoms. The second kappa shape index (κ2) is 7.39. The molecule has 3 aromatic rings. The third-order valence-corrected chi connectivity index (χ3v) is 5.04. The number of aromatic nitrogens is 1. The number of benzene rings is 1. The predicted octanol–water partition coefficient (Wildman–Crippen LogP) is 3.48. The number of carbonyl (C=O) groups excluding carboxylic acids is 1. The van der Waals surface area contributed by atoms with Gasteiger partial charge < -0.3 is 15.1 Å². The summed E-state index contributed by atoms with van der Waals surface area (Å²) in [6.45, 7) is 1.52. The molecule has 25 heavy (non-hydrogen) atoms. The van der Waals surface area contributed by atoms with Crippen LogP contribution in [-0.2, 0) is 19.5 Å². The average molecular weight is 376 g/mol. The van der Waals surface area contributed by atoms with Gasteiger partial charge in [0.2, 0.25) is 0 Å². The first-order valence-corrected chi connectivity index (χ1v) is 8.73. The summed E-state index contributed by atoms with van der Waals surface area (Å²) in [5.41, 5.74) is 8.27. The second-order valence-corrected chi connectivity index (χ2v) is 6.68. The summed E-state index contributed by atoms with van der Waals surface area (Å²) in [5.74, 6) is 1.66. The molecule has 0 fully saturated rings. The molecule has 2 aromatic heterocycles. The van der Waals surface area contributed by atoms with Crippen LogP contribution in [0.4, 0.5) is 0 Å². The number of hydrogen-bond acceptors (Lipinski definition) is 5. The molecule has 0 spiro atoms. The lowest BCUT2D eigenvalue weighted by Gasteiger charge is -2.25. The maximum absolute atomic E-state index is 12.6. The van der Waals surface area contributed by atoms with E-state index < -0.39 is 0 Å². The molecule has 2 N–H and O–H groups in total. The Kier molecular flexibility index (Phi) is 5.22. The number of amides is 1. The molecule has 0 saturated carbocycles. The van der Waals surface area contributed by atoms with Gasteiger partial charge in [0.25, 0.3) is 5.91 Å². The summed E-state index contributed by atoms with van der Waals surface area (Å²) in [4.78, 5) is 18.7. The van der Waals surface area contributed by atoms with Crippen LogP contribution in [0, 0.1) is 0 Å². The maximum Gasteiger partial charge on any atom is 0.273 e. The van der Waals surface area contributed by atoms with Crippen LogP contribution in [0.5, 0.6) is 0 Å². The van der Waals surface area contributed by atoms with E-state index in [1.165, 1.54) is 16.9 Å². The van der Waals surface area contributed by atoms with Gasteiger partial charge in [-0.05, 0) is 18.1 Å². The number of nitrogens with zero attached hydrogens (tertiary/aromatic N) is 2. The molecule has 4 rings (SSSR count). The quantitative estimate of drug-likeness (QED) is 0.760. The van der Waals surface area contributed by atoms with Crippen LogP contribution in [-0.4, -0.2) is 22.3 Å². The standard InChI is InChI=1S/C18H17N3O2S.ClH/c19-9-17-20-14(11-24-17)18(22)21-7-6-13-8-15(23-16(13)10-21)12-4-2-1-3-5-12;/h1-5,8,11H,6-7,9-10,19H2;1H. The van der Waals surface area contributed by atoms with Crippen molar-refractivity contribution in [2.24, 2.45) is 5.73 Å². The Bertz CT molecular complexity index is 876. The molecule has 0 atom stereocenters. The zero-order valence-electron chi connectivity index (χ0n) is 13.5. The van der Waals surface area contributed by atoms with Gasteiger partial charge in [0, 0.05) is 24.0 Å².